The summed E-state index contributed by atoms with van der Waals surface area (Å²) in [6.45, 7) is 9.50. The van der Waals surface area contributed by atoms with Gasteiger partial charge in [-0.05, 0) is 37.5 Å². The SMILES string of the molecule is CCCCCCCCCCCC(=O)O[C@H](COC(=O)CCCCCCCCC)COP(=O)(O)OC[C@H](O)COP(=O)(O)OC[C@@H](COC(=O)CCCCCCCCCCCC(C)C)OC(=O)CCCCCCCCCCCCCCCCCCCCC(C)C. The topological polar surface area (TPSA) is 237 Å². The van der Waals surface area contributed by atoms with Gasteiger partial charge in [-0.1, -0.05) is 305 Å². The van der Waals surface area contributed by atoms with Crippen LogP contribution in [0.4, 0.5) is 0 Å². The van der Waals surface area contributed by atoms with Gasteiger partial charge in [-0.3, -0.25) is 37.3 Å². The van der Waals surface area contributed by atoms with E-state index in [9.17, 15) is 43.2 Å². The van der Waals surface area contributed by atoms with Gasteiger partial charge in [0.2, 0.25) is 0 Å². The first-order valence-corrected chi connectivity index (χ1v) is 39.5. The minimum Gasteiger partial charge on any atom is -0.462 e. The number of hydrogen-bond acceptors (Lipinski definition) is 15. The normalized spacial score (nSPS) is 14.1. The molecule has 89 heavy (non-hydrogen) atoms. The van der Waals surface area contributed by atoms with Crippen LogP contribution in [0.1, 0.15) is 356 Å². The Hall–Kier alpha value is -1.94. The van der Waals surface area contributed by atoms with E-state index in [2.05, 4.69) is 41.5 Å². The molecule has 0 aliphatic heterocycles. The number of ether oxygens (including phenoxy) is 4. The molecule has 0 aromatic rings. The fourth-order valence-corrected chi connectivity index (χ4v) is 12.2. The van der Waals surface area contributed by atoms with Crippen LogP contribution in [0.5, 0.6) is 0 Å². The van der Waals surface area contributed by atoms with Gasteiger partial charge in [-0.2, -0.15) is 0 Å². The van der Waals surface area contributed by atoms with Crippen LogP contribution in [0, 0.1) is 11.8 Å². The predicted octanol–water partition coefficient (Wildman–Crippen LogP) is 20.0. The molecule has 17 nitrogen and oxygen atoms in total. The standard InChI is InChI=1S/C70H136O17P2/c1-7-9-11-13-15-27-36-42-48-54-69(74)86-65(58-80-67(72)52-46-40-32-14-12-10-8-2)60-84-88(76,77)82-56-64(71)57-83-89(78,79)85-61-66(59-81-68(73)53-47-41-35-31-26-29-34-39-45-51-63(5)6)87-70(75)55-49-43-37-30-25-23-21-19-17-16-18-20-22-24-28-33-38-44-50-62(3)4/h62-66,71H,7-61H2,1-6H3,(H,76,77)(H,78,79)/t64-,65+,66+/m0/s1. The molecular formula is C70H136O17P2. The van der Waals surface area contributed by atoms with E-state index in [4.69, 9.17) is 37.0 Å². The quantitative estimate of drug-likeness (QED) is 0.0222. The lowest BCUT2D eigenvalue weighted by Crippen LogP contribution is -2.30. The highest BCUT2D eigenvalue weighted by Crippen LogP contribution is 2.45. The van der Waals surface area contributed by atoms with Gasteiger partial charge >= 0.3 is 39.5 Å². The average Bonchev–Trinajstić information content (AvgIpc) is 3.49. The summed E-state index contributed by atoms with van der Waals surface area (Å²) in [5.74, 6) is -0.567. The molecule has 0 fully saturated rings. The van der Waals surface area contributed by atoms with E-state index in [1.165, 1.54) is 161 Å². The molecule has 0 rings (SSSR count). The van der Waals surface area contributed by atoms with Gasteiger partial charge in [0.15, 0.2) is 12.2 Å². The second-order valence-corrected chi connectivity index (χ2v) is 29.1. The molecule has 0 amide bonds. The molecule has 19 heteroatoms. The number of rotatable bonds is 69. The number of aliphatic hydroxyl groups excluding tert-OH is 1. The zero-order valence-corrected chi connectivity index (χ0v) is 59.5. The van der Waals surface area contributed by atoms with Gasteiger partial charge in [-0.25, -0.2) is 9.13 Å². The molecule has 2 unspecified atom stereocenters. The zero-order chi connectivity index (χ0) is 65.7. The molecule has 528 valence electrons. The molecule has 0 heterocycles. The van der Waals surface area contributed by atoms with Crippen molar-refractivity contribution < 1.29 is 80.2 Å². The highest BCUT2D eigenvalue weighted by molar-refractivity contribution is 7.47. The summed E-state index contributed by atoms with van der Waals surface area (Å²) < 4.78 is 68.1. The zero-order valence-electron chi connectivity index (χ0n) is 57.7. The lowest BCUT2D eigenvalue weighted by Gasteiger charge is -2.21. The second kappa shape index (κ2) is 62.2. The Morgan fingerprint density at radius 2 is 0.517 bits per heavy atom. The summed E-state index contributed by atoms with van der Waals surface area (Å²) in [6, 6.07) is 0. The number of phosphoric ester groups is 2. The van der Waals surface area contributed by atoms with Crippen molar-refractivity contribution in [2.24, 2.45) is 11.8 Å². The number of esters is 4. The summed E-state index contributed by atoms with van der Waals surface area (Å²) in [6.07, 6.45) is 47.5. The van der Waals surface area contributed by atoms with Crippen LogP contribution >= 0.6 is 15.6 Å². The van der Waals surface area contributed by atoms with Crippen molar-refractivity contribution in [2.45, 2.75) is 374 Å². The fraction of sp³-hybridized carbons (Fsp3) is 0.943. The Kier molecular flexibility index (Phi) is 60.8. The Morgan fingerprint density at radius 3 is 0.764 bits per heavy atom. The number of carbonyl (C=O) groups excluding carboxylic acids is 4. The van der Waals surface area contributed by atoms with Crippen LogP contribution in [-0.4, -0.2) is 96.7 Å². The van der Waals surface area contributed by atoms with Crippen LogP contribution in [0.3, 0.4) is 0 Å². The number of aliphatic hydroxyl groups is 1. The van der Waals surface area contributed by atoms with E-state index in [0.29, 0.717) is 25.7 Å². The Morgan fingerprint density at radius 1 is 0.303 bits per heavy atom. The summed E-state index contributed by atoms with van der Waals surface area (Å²) >= 11 is 0. The molecule has 0 aromatic heterocycles. The van der Waals surface area contributed by atoms with Crippen molar-refractivity contribution in [3.63, 3.8) is 0 Å². The van der Waals surface area contributed by atoms with Gasteiger partial charge in [0, 0.05) is 25.7 Å². The molecule has 0 saturated heterocycles. The lowest BCUT2D eigenvalue weighted by molar-refractivity contribution is -0.161. The van der Waals surface area contributed by atoms with Crippen molar-refractivity contribution in [3.8, 4) is 0 Å². The first-order chi connectivity index (χ1) is 42.9. The Labute approximate surface area is 543 Å². The van der Waals surface area contributed by atoms with E-state index in [1.807, 2.05) is 0 Å². The van der Waals surface area contributed by atoms with E-state index >= 15 is 0 Å². The molecule has 0 aliphatic carbocycles. The summed E-state index contributed by atoms with van der Waals surface area (Å²) in [5.41, 5.74) is 0. The van der Waals surface area contributed by atoms with Crippen molar-refractivity contribution in [1.29, 1.82) is 0 Å². The minimum atomic E-state index is -4.95. The van der Waals surface area contributed by atoms with Gasteiger partial charge in [0.1, 0.15) is 19.3 Å². The molecule has 0 bridgehead atoms. The van der Waals surface area contributed by atoms with Crippen molar-refractivity contribution in [3.05, 3.63) is 0 Å². The number of hydrogen-bond donors (Lipinski definition) is 3. The molecule has 0 radical (unpaired) electrons. The Bertz CT molecular complexity index is 1730. The Balaban J connectivity index is 5.13. The van der Waals surface area contributed by atoms with Gasteiger partial charge in [0.25, 0.3) is 0 Å². The molecule has 0 spiro atoms. The average molecular weight is 1310 g/mol. The van der Waals surface area contributed by atoms with Crippen LogP contribution < -0.4 is 0 Å². The summed E-state index contributed by atoms with van der Waals surface area (Å²) in [4.78, 5) is 72.3. The van der Waals surface area contributed by atoms with Crippen molar-refractivity contribution >= 4 is 39.5 Å². The highest BCUT2D eigenvalue weighted by atomic mass is 31.2. The summed E-state index contributed by atoms with van der Waals surface area (Å²) in [5, 5.41) is 10.6. The van der Waals surface area contributed by atoms with E-state index in [-0.39, 0.29) is 25.7 Å². The molecule has 5 atom stereocenters. The maximum Gasteiger partial charge on any atom is 0.472 e. The number of unbranched alkanes of at least 4 members (excludes halogenated alkanes) is 39. The van der Waals surface area contributed by atoms with E-state index in [1.54, 1.807) is 0 Å². The largest absolute Gasteiger partial charge is 0.472 e. The predicted molar refractivity (Wildman–Crippen MR) is 358 cm³/mol. The maximum absolute atomic E-state index is 13.0. The third-order valence-electron chi connectivity index (χ3n) is 16.2. The fourth-order valence-electron chi connectivity index (χ4n) is 10.6. The first-order valence-electron chi connectivity index (χ1n) is 36.5. The van der Waals surface area contributed by atoms with Crippen LogP contribution in [0.15, 0.2) is 0 Å². The maximum atomic E-state index is 13.0. The first kappa shape index (κ1) is 87.1. The smallest absolute Gasteiger partial charge is 0.462 e. The molecule has 0 aliphatic rings. The van der Waals surface area contributed by atoms with Crippen LogP contribution in [0.2, 0.25) is 0 Å². The number of phosphoric acid groups is 2. The number of carbonyl (C=O) groups is 4. The van der Waals surface area contributed by atoms with E-state index in [0.717, 1.165) is 115 Å². The molecule has 0 saturated carbocycles. The third kappa shape index (κ3) is 64.6. The second-order valence-electron chi connectivity index (χ2n) is 26.2. The summed E-state index contributed by atoms with van der Waals surface area (Å²) in [7, 11) is -9.89. The minimum absolute atomic E-state index is 0.105. The van der Waals surface area contributed by atoms with Gasteiger partial charge in [-0.15, -0.1) is 0 Å². The molecule has 0 aromatic carbocycles. The van der Waals surface area contributed by atoms with Crippen LogP contribution in [-0.2, 0) is 65.4 Å². The van der Waals surface area contributed by atoms with Gasteiger partial charge in [0.05, 0.1) is 26.4 Å². The molecule has 3 N–H and O–H groups in total. The lowest BCUT2D eigenvalue weighted by atomic mass is 10.0. The van der Waals surface area contributed by atoms with E-state index < -0.39 is 97.5 Å². The van der Waals surface area contributed by atoms with Gasteiger partial charge < -0.3 is 33.8 Å². The monoisotopic (exact) mass is 1310 g/mol. The van der Waals surface area contributed by atoms with Crippen LogP contribution in [0.25, 0.3) is 0 Å². The van der Waals surface area contributed by atoms with Crippen molar-refractivity contribution in [1.82, 2.24) is 0 Å². The van der Waals surface area contributed by atoms with Crippen molar-refractivity contribution in [2.75, 3.05) is 39.6 Å². The highest BCUT2D eigenvalue weighted by Gasteiger charge is 2.30. The third-order valence-corrected chi connectivity index (χ3v) is 18.1. The molecular weight excluding hydrogens is 1170 g/mol.